The summed E-state index contributed by atoms with van der Waals surface area (Å²) in [4.78, 5) is 27.7. The van der Waals surface area contributed by atoms with Gasteiger partial charge in [0.2, 0.25) is 0 Å². The lowest BCUT2D eigenvalue weighted by Crippen LogP contribution is -2.64. The molecule has 4 rings (SSSR count). The Hall–Kier alpha value is -2.86. The molecule has 4 atom stereocenters. The monoisotopic (exact) mass is 393 g/mol. The SMILES string of the molecule is C[C@@H]1[C@H](C)CCC[C@@H]1NC(=O)[C@]1(O)c2ccccc2NC(=O)N1c1ccccc1. The molecule has 1 heterocycles. The summed E-state index contributed by atoms with van der Waals surface area (Å²) in [7, 11) is 0. The van der Waals surface area contributed by atoms with Gasteiger partial charge in [0.15, 0.2) is 0 Å². The largest absolute Gasteiger partial charge is 0.359 e. The molecule has 1 aliphatic carbocycles. The van der Waals surface area contributed by atoms with Gasteiger partial charge in [-0.15, -0.1) is 0 Å². The van der Waals surface area contributed by atoms with Crippen molar-refractivity contribution in [3.05, 3.63) is 60.2 Å². The van der Waals surface area contributed by atoms with Gasteiger partial charge in [0, 0.05) is 17.3 Å². The van der Waals surface area contributed by atoms with Crippen molar-refractivity contribution in [1.82, 2.24) is 5.32 Å². The number of nitrogens with one attached hydrogen (secondary N) is 2. The molecular formula is C23H27N3O3. The van der Waals surface area contributed by atoms with Crippen LogP contribution >= 0.6 is 0 Å². The number of hydrogen-bond acceptors (Lipinski definition) is 3. The number of nitrogens with zero attached hydrogens (tertiary/aromatic N) is 1. The van der Waals surface area contributed by atoms with Crippen molar-refractivity contribution in [3.63, 3.8) is 0 Å². The van der Waals surface area contributed by atoms with Crippen LogP contribution in [0.5, 0.6) is 0 Å². The van der Waals surface area contributed by atoms with Crippen LogP contribution in [0.2, 0.25) is 0 Å². The molecule has 6 nitrogen and oxygen atoms in total. The number of urea groups is 1. The van der Waals surface area contributed by atoms with Crippen LogP contribution in [-0.2, 0) is 10.5 Å². The summed E-state index contributed by atoms with van der Waals surface area (Å²) < 4.78 is 0. The number of carbonyl (C=O) groups is 2. The minimum Gasteiger partial charge on any atom is -0.359 e. The van der Waals surface area contributed by atoms with Crippen LogP contribution in [0.15, 0.2) is 54.6 Å². The Kier molecular flexibility index (Phi) is 5.04. The van der Waals surface area contributed by atoms with E-state index in [4.69, 9.17) is 0 Å². The number of anilines is 2. The van der Waals surface area contributed by atoms with Crippen molar-refractivity contribution in [2.45, 2.75) is 44.9 Å². The number of para-hydroxylation sites is 2. The smallest absolute Gasteiger partial charge is 0.329 e. The zero-order chi connectivity index (χ0) is 20.6. The van der Waals surface area contributed by atoms with Crippen LogP contribution in [0, 0.1) is 11.8 Å². The van der Waals surface area contributed by atoms with Crippen LogP contribution in [0.1, 0.15) is 38.7 Å². The fourth-order valence-electron chi connectivity index (χ4n) is 4.49. The molecule has 0 spiro atoms. The second kappa shape index (κ2) is 7.52. The summed E-state index contributed by atoms with van der Waals surface area (Å²) in [5.41, 5.74) is -0.896. The van der Waals surface area contributed by atoms with E-state index in [2.05, 4.69) is 24.5 Å². The number of fused-ring (bicyclic) bond motifs is 1. The molecule has 29 heavy (non-hydrogen) atoms. The van der Waals surface area contributed by atoms with Gasteiger partial charge in [-0.2, -0.15) is 0 Å². The highest BCUT2D eigenvalue weighted by Crippen LogP contribution is 2.40. The summed E-state index contributed by atoms with van der Waals surface area (Å²) in [5.74, 6) is 0.222. The fraction of sp³-hybridized carbons (Fsp3) is 0.391. The molecule has 1 aliphatic heterocycles. The van der Waals surface area contributed by atoms with Crippen LogP contribution in [-0.4, -0.2) is 23.1 Å². The Morgan fingerprint density at radius 2 is 1.79 bits per heavy atom. The van der Waals surface area contributed by atoms with E-state index in [1.807, 2.05) is 6.07 Å². The lowest BCUT2D eigenvalue weighted by Gasteiger charge is -2.44. The maximum Gasteiger partial charge on any atom is 0.329 e. The zero-order valence-corrected chi connectivity index (χ0v) is 16.8. The van der Waals surface area contributed by atoms with Gasteiger partial charge in [-0.25, -0.2) is 4.79 Å². The maximum atomic E-state index is 13.5. The van der Waals surface area contributed by atoms with E-state index in [-0.39, 0.29) is 6.04 Å². The first kappa shape index (κ1) is 19.5. The number of amides is 3. The number of hydrogen-bond donors (Lipinski definition) is 3. The molecule has 0 saturated heterocycles. The van der Waals surface area contributed by atoms with Crippen LogP contribution < -0.4 is 15.5 Å². The van der Waals surface area contributed by atoms with E-state index in [9.17, 15) is 14.7 Å². The number of benzene rings is 2. The van der Waals surface area contributed by atoms with Crippen molar-refractivity contribution in [1.29, 1.82) is 0 Å². The minimum absolute atomic E-state index is 0.0370. The number of carbonyl (C=O) groups excluding carboxylic acids is 2. The molecule has 3 N–H and O–H groups in total. The lowest BCUT2D eigenvalue weighted by molar-refractivity contribution is -0.141. The highest BCUT2D eigenvalue weighted by Gasteiger charge is 2.52. The van der Waals surface area contributed by atoms with Gasteiger partial charge in [-0.1, -0.05) is 63.1 Å². The van der Waals surface area contributed by atoms with E-state index < -0.39 is 17.7 Å². The summed E-state index contributed by atoms with van der Waals surface area (Å²) in [6, 6.07) is 15.1. The second-order valence-corrected chi connectivity index (χ2v) is 8.17. The Bertz CT molecular complexity index is 917. The number of rotatable bonds is 3. The molecule has 0 unspecified atom stereocenters. The third-order valence-electron chi connectivity index (χ3n) is 6.43. The first-order valence-electron chi connectivity index (χ1n) is 10.2. The Morgan fingerprint density at radius 3 is 2.55 bits per heavy atom. The first-order chi connectivity index (χ1) is 13.9. The van der Waals surface area contributed by atoms with Crippen molar-refractivity contribution in [2.24, 2.45) is 11.8 Å². The van der Waals surface area contributed by atoms with Gasteiger partial charge >= 0.3 is 6.03 Å². The van der Waals surface area contributed by atoms with Gasteiger partial charge < -0.3 is 15.7 Å². The van der Waals surface area contributed by atoms with Crippen molar-refractivity contribution in [3.8, 4) is 0 Å². The summed E-state index contributed by atoms with van der Waals surface area (Å²) in [5, 5.41) is 17.7. The summed E-state index contributed by atoms with van der Waals surface area (Å²) in [6.07, 6.45) is 3.04. The van der Waals surface area contributed by atoms with Gasteiger partial charge in [0.25, 0.3) is 11.6 Å². The third kappa shape index (κ3) is 3.27. The highest BCUT2D eigenvalue weighted by atomic mass is 16.3. The molecule has 0 bridgehead atoms. The van der Waals surface area contributed by atoms with Crippen molar-refractivity contribution in [2.75, 3.05) is 10.2 Å². The molecule has 1 fully saturated rings. The Balaban J connectivity index is 1.77. The highest BCUT2D eigenvalue weighted by molar-refractivity contribution is 6.11. The van der Waals surface area contributed by atoms with Crippen LogP contribution in [0.25, 0.3) is 0 Å². The van der Waals surface area contributed by atoms with E-state index in [0.29, 0.717) is 28.8 Å². The molecule has 152 valence electrons. The Morgan fingerprint density at radius 1 is 1.10 bits per heavy atom. The van der Waals surface area contributed by atoms with Crippen molar-refractivity contribution >= 4 is 23.3 Å². The fourth-order valence-corrected chi connectivity index (χ4v) is 4.49. The second-order valence-electron chi connectivity index (χ2n) is 8.17. The molecular weight excluding hydrogens is 366 g/mol. The van der Waals surface area contributed by atoms with Gasteiger partial charge in [-0.3, -0.25) is 9.69 Å². The predicted molar refractivity (Wildman–Crippen MR) is 112 cm³/mol. The molecule has 1 saturated carbocycles. The quantitative estimate of drug-likeness (QED) is 0.741. The topological polar surface area (TPSA) is 81.7 Å². The number of aliphatic hydroxyl groups is 1. The average molecular weight is 393 g/mol. The van der Waals surface area contributed by atoms with Crippen LogP contribution in [0.4, 0.5) is 16.2 Å². The van der Waals surface area contributed by atoms with E-state index in [1.165, 1.54) is 0 Å². The van der Waals surface area contributed by atoms with E-state index in [1.54, 1.807) is 48.5 Å². The normalized spacial score (nSPS) is 29.0. The maximum absolute atomic E-state index is 13.5. The summed E-state index contributed by atoms with van der Waals surface area (Å²) in [6.45, 7) is 4.33. The predicted octanol–water partition coefficient (Wildman–Crippen LogP) is 3.82. The van der Waals surface area contributed by atoms with Gasteiger partial charge in [0.1, 0.15) is 0 Å². The molecule has 2 aliphatic rings. The molecule has 3 amide bonds. The average Bonchev–Trinajstić information content (AvgIpc) is 2.72. The van der Waals surface area contributed by atoms with Crippen LogP contribution in [0.3, 0.4) is 0 Å². The van der Waals surface area contributed by atoms with Crippen molar-refractivity contribution < 1.29 is 14.7 Å². The van der Waals surface area contributed by atoms with Gasteiger partial charge in [0.05, 0.1) is 5.69 Å². The molecule has 2 aromatic rings. The first-order valence-corrected chi connectivity index (χ1v) is 10.2. The minimum atomic E-state index is -2.14. The van der Waals surface area contributed by atoms with Gasteiger partial charge in [-0.05, 0) is 36.5 Å². The Labute approximate surface area is 170 Å². The molecule has 2 aromatic carbocycles. The zero-order valence-electron chi connectivity index (χ0n) is 16.8. The third-order valence-corrected chi connectivity index (χ3v) is 6.43. The van der Waals surface area contributed by atoms with E-state index >= 15 is 0 Å². The lowest BCUT2D eigenvalue weighted by atomic mass is 9.78. The standard InChI is InChI=1S/C23H27N3O3/c1-15-9-8-14-19(16(15)2)24-21(27)23(29)18-12-6-7-13-20(18)25-22(28)26(23)17-10-4-3-5-11-17/h3-7,10-13,15-16,19,29H,8-9,14H2,1-2H3,(H,24,27)(H,25,28)/t15-,16-,19+,23-/m1/s1. The molecule has 0 aromatic heterocycles. The molecule has 0 radical (unpaired) electrons. The summed E-state index contributed by atoms with van der Waals surface area (Å²) >= 11 is 0. The van der Waals surface area contributed by atoms with E-state index in [0.717, 1.165) is 24.2 Å². The molecule has 6 heteroatoms.